The molecule has 122 valence electrons. The van der Waals surface area contributed by atoms with Gasteiger partial charge in [-0.15, -0.1) is 0 Å². The average molecular weight is 315 g/mol. The molecule has 3 N–H and O–H groups in total. The first-order chi connectivity index (χ1) is 10.8. The van der Waals surface area contributed by atoms with Crippen molar-refractivity contribution in [1.29, 1.82) is 5.26 Å². The number of aliphatic carboxylic acids is 1. The first-order valence-electron chi connectivity index (χ1n) is 7.27. The number of hydrogen-bond acceptors (Lipinski definition) is 4. The highest BCUT2D eigenvalue weighted by Gasteiger charge is 2.16. The molecule has 1 rings (SSSR count). The molecule has 0 bridgehead atoms. The lowest BCUT2D eigenvalue weighted by Gasteiger charge is -2.16. The zero-order valence-electron chi connectivity index (χ0n) is 13.7. The number of nitriles is 1. The fraction of sp³-hybridized carbons (Fsp3) is 0.353. The quantitative estimate of drug-likeness (QED) is 0.553. The summed E-state index contributed by atoms with van der Waals surface area (Å²) in [5.74, 6) is -1.43. The van der Waals surface area contributed by atoms with E-state index in [2.05, 4.69) is 10.6 Å². The zero-order chi connectivity index (χ0) is 17.6. The van der Waals surface area contributed by atoms with Crippen molar-refractivity contribution in [3.63, 3.8) is 0 Å². The van der Waals surface area contributed by atoms with Gasteiger partial charge in [-0.1, -0.05) is 32.0 Å². The topological polar surface area (TPSA) is 102 Å². The number of carbonyl (C=O) groups excluding carboxylic acids is 1. The highest BCUT2D eigenvalue weighted by Crippen LogP contribution is 2.27. The third-order valence-corrected chi connectivity index (χ3v) is 3.38. The summed E-state index contributed by atoms with van der Waals surface area (Å²) in [6.07, 6.45) is 1.13. The summed E-state index contributed by atoms with van der Waals surface area (Å²) in [4.78, 5) is 23.0. The lowest BCUT2D eigenvalue weighted by molar-refractivity contribution is -0.138. The number of nitrogens with zero attached hydrogens (tertiary/aromatic N) is 1. The van der Waals surface area contributed by atoms with E-state index >= 15 is 0 Å². The Morgan fingerprint density at radius 3 is 2.48 bits per heavy atom. The van der Waals surface area contributed by atoms with Crippen LogP contribution in [0.1, 0.15) is 37.8 Å². The van der Waals surface area contributed by atoms with Crippen LogP contribution in [0.5, 0.6) is 0 Å². The molecule has 0 aliphatic heterocycles. The Hall–Kier alpha value is -2.81. The van der Waals surface area contributed by atoms with Crippen molar-refractivity contribution in [1.82, 2.24) is 5.32 Å². The van der Waals surface area contributed by atoms with Crippen LogP contribution >= 0.6 is 0 Å². The van der Waals surface area contributed by atoms with Crippen LogP contribution in [0.3, 0.4) is 0 Å². The van der Waals surface area contributed by atoms with Crippen LogP contribution in [0.25, 0.3) is 0 Å². The summed E-state index contributed by atoms with van der Waals surface area (Å²) in [6.45, 7) is 7.33. The van der Waals surface area contributed by atoms with E-state index in [1.54, 1.807) is 6.07 Å². The van der Waals surface area contributed by atoms with Gasteiger partial charge in [-0.3, -0.25) is 9.59 Å². The van der Waals surface area contributed by atoms with Crippen LogP contribution in [0.2, 0.25) is 0 Å². The number of carboxylic acids is 1. The van der Waals surface area contributed by atoms with Gasteiger partial charge in [0.05, 0.1) is 0 Å². The SMILES string of the molecule is Cc1cccc(C(C)C)c1NC(=O)/C(C#N)=C\NC(C)C(=O)O. The van der Waals surface area contributed by atoms with E-state index < -0.39 is 17.9 Å². The predicted octanol–water partition coefficient (Wildman–Crippen LogP) is 2.53. The van der Waals surface area contributed by atoms with Gasteiger partial charge in [-0.25, -0.2) is 0 Å². The average Bonchev–Trinajstić information content (AvgIpc) is 2.49. The second kappa shape index (κ2) is 7.99. The minimum Gasteiger partial charge on any atom is -0.480 e. The van der Waals surface area contributed by atoms with E-state index in [1.165, 1.54) is 6.92 Å². The van der Waals surface area contributed by atoms with Crippen LogP contribution in [0.4, 0.5) is 5.69 Å². The standard InChI is InChI=1S/C17H21N3O3/c1-10(2)14-7-5-6-11(3)15(14)20-16(21)13(8-18)9-19-12(4)17(22)23/h5-7,9-10,12,19H,1-4H3,(H,20,21)(H,22,23)/b13-9-. The number of aryl methyl sites for hydroxylation is 1. The maximum Gasteiger partial charge on any atom is 0.325 e. The molecule has 1 unspecified atom stereocenters. The molecule has 1 aromatic rings. The minimum atomic E-state index is -1.07. The van der Waals surface area contributed by atoms with Crippen molar-refractivity contribution in [2.45, 2.75) is 39.7 Å². The molecule has 0 aliphatic carbocycles. The van der Waals surface area contributed by atoms with Crippen molar-refractivity contribution in [2.24, 2.45) is 0 Å². The number of anilines is 1. The first kappa shape index (κ1) is 18.2. The molecule has 0 radical (unpaired) electrons. The van der Waals surface area contributed by atoms with Gasteiger partial charge in [0.25, 0.3) is 5.91 Å². The summed E-state index contributed by atoms with van der Waals surface area (Å²) in [7, 11) is 0. The first-order valence-corrected chi connectivity index (χ1v) is 7.27. The number of amides is 1. The van der Waals surface area contributed by atoms with E-state index in [-0.39, 0.29) is 11.5 Å². The van der Waals surface area contributed by atoms with E-state index in [1.807, 2.05) is 39.0 Å². The van der Waals surface area contributed by atoms with E-state index in [0.29, 0.717) is 5.69 Å². The molecule has 23 heavy (non-hydrogen) atoms. The highest BCUT2D eigenvalue weighted by molar-refractivity contribution is 6.07. The smallest absolute Gasteiger partial charge is 0.325 e. The Bertz CT molecular complexity index is 672. The molecule has 0 fully saturated rings. The fourth-order valence-electron chi connectivity index (χ4n) is 1.95. The van der Waals surface area contributed by atoms with Crippen molar-refractivity contribution in [2.75, 3.05) is 5.32 Å². The number of nitrogens with one attached hydrogen (secondary N) is 2. The predicted molar refractivity (Wildman–Crippen MR) is 87.8 cm³/mol. The summed E-state index contributed by atoms with van der Waals surface area (Å²) in [5, 5.41) is 23.2. The molecular weight excluding hydrogens is 294 g/mol. The summed E-state index contributed by atoms with van der Waals surface area (Å²) < 4.78 is 0. The molecule has 0 heterocycles. The number of carboxylic acid groups (broad SMARTS) is 1. The molecule has 6 heteroatoms. The number of carbonyl (C=O) groups is 2. The van der Waals surface area contributed by atoms with Crippen LogP contribution in [-0.2, 0) is 9.59 Å². The van der Waals surface area contributed by atoms with Gasteiger partial charge in [-0.2, -0.15) is 5.26 Å². The van der Waals surface area contributed by atoms with Crippen molar-refractivity contribution >= 4 is 17.6 Å². The van der Waals surface area contributed by atoms with Gasteiger partial charge in [0, 0.05) is 11.9 Å². The molecule has 1 amide bonds. The number of benzene rings is 1. The molecule has 0 saturated heterocycles. The Morgan fingerprint density at radius 2 is 1.96 bits per heavy atom. The second-order valence-corrected chi connectivity index (χ2v) is 5.54. The van der Waals surface area contributed by atoms with Gasteiger partial charge >= 0.3 is 5.97 Å². The Balaban J connectivity index is 3.00. The Labute approximate surface area is 135 Å². The molecule has 0 aliphatic rings. The number of rotatable bonds is 6. The highest BCUT2D eigenvalue weighted by atomic mass is 16.4. The minimum absolute atomic E-state index is 0.184. The zero-order valence-corrected chi connectivity index (χ0v) is 13.7. The van der Waals surface area contributed by atoms with Gasteiger partial charge in [-0.05, 0) is 30.9 Å². The van der Waals surface area contributed by atoms with Crippen LogP contribution in [0.15, 0.2) is 30.0 Å². The Kier molecular flexibility index (Phi) is 6.34. The van der Waals surface area contributed by atoms with E-state index in [9.17, 15) is 9.59 Å². The van der Waals surface area contributed by atoms with Gasteiger partial charge in [0.1, 0.15) is 17.7 Å². The fourth-order valence-corrected chi connectivity index (χ4v) is 1.95. The number of hydrogen-bond donors (Lipinski definition) is 3. The van der Waals surface area contributed by atoms with Crippen molar-refractivity contribution < 1.29 is 14.7 Å². The molecule has 0 saturated carbocycles. The molecule has 1 atom stereocenters. The normalized spacial score (nSPS) is 12.4. The Morgan fingerprint density at radius 1 is 1.30 bits per heavy atom. The number of para-hydroxylation sites is 1. The van der Waals surface area contributed by atoms with Gasteiger partial charge in [0.15, 0.2) is 0 Å². The molecular formula is C17H21N3O3. The molecule has 1 aromatic carbocycles. The van der Waals surface area contributed by atoms with Crippen LogP contribution in [0, 0.1) is 18.3 Å². The van der Waals surface area contributed by atoms with Crippen LogP contribution < -0.4 is 10.6 Å². The van der Waals surface area contributed by atoms with E-state index in [4.69, 9.17) is 10.4 Å². The monoisotopic (exact) mass is 315 g/mol. The van der Waals surface area contributed by atoms with Crippen molar-refractivity contribution in [3.05, 3.63) is 41.1 Å². The van der Waals surface area contributed by atoms with Crippen molar-refractivity contribution in [3.8, 4) is 6.07 Å². The maximum atomic E-state index is 12.3. The summed E-state index contributed by atoms with van der Waals surface area (Å²) in [5.41, 5.74) is 2.37. The van der Waals surface area contributed by atoms with E-state index in [0.717, 1.165) is 17.3 Å². The summed E-state index contributed by atoms with van der Waals surface area (Å²) in [6, 6.07) is 6.60. The molecule has 0 aromatic heterocycles. The third kappa shape index (κ3) is 4.85. The van der Waals surface area contributed by atoms with Gasteiger partial charge < -0.3 is 15.7 Å². The van der Waals surface area contributed by atoms with Crippen LogP contribution in [-0.4, -0.2) is 23.0 Å². The maximum absolute atomic E-state index is 12.3. The lowest BCUT2D eigenvalue weighted by Crippen LogP contribution is -2.30. The largest absolute Gasteiger partial charge is 0.480 e. The third-order valence-electron chi connectivity index (χ3n) is 3.38. The second-order valence-electron chi connectivity index (χ2n) is 5.54. The van der Waals surface area contributed by atoms with Gasteiger partial charge in [0.2, 0.25) is 0 Å². The summed E-state index contributed by atoms with van der Waals surface area (Å²) >= 11 is 0. The molecule has 0 spiro atoms. The molecule has 6 nitrogen and oxygen atoms in total. The lowest BCUT2D eigenvalue weighted by atomic mass is 9.98.